The van der Waals surface area contributed by atoms with Gasteiger partial charge < -0.3 is 19.5 Å². The molecule has 2 aliphatic heterocycles. The summed E-state index contributed by atoms with van der Waals surface area (Å²) >= 11 is 5.21. The SMILES string of the molecule is Brc1sc(CNCC2CCOC2)c2c1OCCO2. The maximum absolute atomic E-state index is 5.69. The molecule has 0 saturated carbocycles. The number of fused-ring (bicyclic) bond motifs is 1. The monoisotopic (exact) mass is 333 g/mol. The van der Waals surface area contributed by atoms with Gasteiger partial charge in [0.1, 0.15) is 17.0 Å². The Bertz CT molecular complexity index is 418. The van der Waals surface area contributed by atoms with Crippen LogP contribution in [0.5, 0.6) is 11.5 Å². The van der Waals surface area contributed by atoms with Crippen molar-refractivity contribution < 1.29 is 14.2 Å². The van der Waals surface area contributed by atoms with Crippen LogP contribution < -0.4 is 14.8 Å². The molecule has 6 heteroatoms. The summed E-state index contributed by atoms with van der Waals surface area (Å²) in [7, 11) is 0. The third kappa shape index (κ3) is 2.66. The molecule has 1 saturated heterocycles. The molecule has 1 atom stereocenters. The van der Waals surface area contributed by atoms with Gasteiger partial charge in [-0.1, -0.05) is 0 Å². The van der Waals surface area contributed by atoms with Crippen molar-refractivity contribution in [3.05, 3.63) is 8.66 Å². The van der Waals surface area contributed by atoms with Crippen LogP contribution in [0.15, 0.2) is 3.79 Å². The first-order valence-electron chi connectivity index (χ1n) is 6.20. The fourth-order valence-electron chi connectivity index (χ4n) is 2.22. The second-order valence-electron chi connectivity index (χ2n) is 4.51. The minimum atomic E-state index is 0.634. The van der Waals surface area contributed by atoms with E-state index in [1.807, 2.05) is 0 Å². The average molecular weight is 334 g/mol. The van der Waals surface area contributed by atoms with Crippen LogP contribution in [0.3, 0.4) is 0 Å². The maximum atomic E-state index is 5.69. The number of halogens is 1. The lowest BCUT2D eigenvalue weighted by molar-refractivity contribution is 0.170. The molecular weight excluding hydrogens is 318 g/mol. The normalized spacial score (nSPS) is 22.4. The minimum absolute atomic E-state index is 0.634. The van der Waals surface area contributed by atoms with Crippen molar-refractivity contribution in [1.29, 1.82) is 0 Å². The van der Waals surface area contributed by atoms with Crippen LogP contribution in [0.1, 0.15) is 11.3 Å². The van der Waals surface area contributed by atoms with E-state index in [2.05, 4.69) is 21.2 Å². The molecule has 2 aliphatic rings. The van der Waals surface area contributed by atoms with E-state index in [0.29, 0.717) is 19.1 Å². The zero-order valence-corrected chi connectivity index (χ0v) is 12.4. The summed E-state index contributed by atoms with van der Waals surface area (Å²) in [6.07, 6.45) is 1.17. The standard InChI is InChI=1S/C12H16BrNO3S/c13-12-11-10(16-3-4-17-11)9(18-12)6-14-5-8-1-2-15-7-8/h8,14H,1-7H2. The Kier molecular flexibility index (Phi) is 4.08. The molecule has 18 heavy (non-hydrogen) atoms. The molecule has 0 bridgehead atoms. The Labute approximate surface area is 119 Å². The van der Waals surface area contributed by atoms with Crippen molar-refractivity contribution in [3.8, 4) is 11.5 Å². The molecule has 0 aliphatic carbocycles. The first-order valence-corrected chi connectivity index (χ1v) is 7.81. The Morgan fingerprint density at radius 3 is 2.83 bits per heavy atom. The average Bonchev–Trinajstić information content (AvgIpc) is 3.00. The molecule has 100 valence electrons. The topological polar surface area (TPSA) is 39.7 Å². The minimum Gasteiger partial charge on any atom is -0.485 e. The van der Waals surface area contributed by atoms with E-state index < -0.39 is 0 Å². The fraction of sp³-hybridized carbons (Fsp3) is 0.667. The smallest absolute Gasteiger partial charge is 0.186 e. The second-order valence-corrected chi connectivity index (χ2v) is 6.94. The van der Waals surface area contributed by atoms with Crippen molar-refractivity contribution in [3.63, 3.8) is 0 Å². The molecule has 1 fully saturated rings. The summed E-state index contributed by atoms with van der Waals surface area (Å²) in [6, 6.07) is 0. The van der Waals surface area contributed by atoms with Gasteiger partial charge in [0, 0.05) is 19.7 Å². The van der Waals surface area contributed by atoms with E-state index in [0.717, 1.165) is 41.6 Å². The third-order valence-electron chi connectivity index (χ3n) is 3.17. The Morgan fingerprint density at radius 2 is 2.06 bits per heavy atom. The van der Waals surface area contributed by atoms with Crippen LogP contribution in [0.25, 0.3) is 0 Å². The largest absolute Gasteiger partial charge is 0.485 e. The number of rotatable bonds is 4. The van der Waals surface area contributed by atoms with Gasteiger partial charge in [0.2, 0.25) is 0 Å². The number of hydrogen-bond acceptors (Lipinski definition) is 5. The van der Waals surface area contributed by atoms with E-state index in [9.17, 15) is 0 Å². The van der Waals surface area contributed by atoms with Gasteiger partial charge in [0.15, 0.2) is 11.5 Å². The van der Waals surface area contributed by atoms with Gasteiger partial charge in [-0.15, -0.1) is 11.3 Å². The Balaban J connectivity index is 1.58. The molecular formula is C12H16BrNO3S. The van der Waals surface area contributed by atoms with Crippen LogP contribution in [0.4, 0.5) is 0 Å². The highest BCUT2D eigenvalue weighted by Crippen LogP contribution is 2.47. The summed E-state index contributed by atoms with van der Waals surface area (Å²) in [5, 5.41) is 3.48. The summed E-state index contributed by atoms with van der Waals surface area (Å²) in [5.74, 6) is 2.43. The van der Waals surface area contributed by atoms with Gasteiger partial charge in [-0.25, -0.2) is 0 Å². The highest BCUT2D eigenvalue weighted by molar-refractivity contribution is 9.11. The van der Waals surface area contributed by atoms with Crippen molar-refractivity contribution in [2.24, 2.45) is 5.92 Å². The van der Waals surface area contributed by atoms with E-state index in [-0.39, 0.29) is 0 Å². The molecule has 4 nitrogen and oxygen atoms in total. The molecule has 1 N–H and O–H groups in total. The first-order chi connectivity index (χ1) is 8.84. The maximum Gasteiger partial charge on any atom is 0.186 e. The van der Waals surface area contributed by atoms with Gasteiger partial charge in [-0.05, 0) is 28.3 Å². The van der Waals surface area contributed by atoms with E-state index in [4.69, 9.17) is 14.2 Å². The second kappa shape index (κ2) is 5.77. The van der Waals surface area contributed by atoms with Crippen LogP contribution >= 0.6 is 27.3 Å². The number of thiophene rings is 1. The van der Waals surface area contributed by atoms with Crippen molar-refractivity contribution in [1.82, 2.24) is 5.32 Å². The Hall–Kier alpha value is -0.300. The van der Waals surface area contributed by atoms with Crippen LogP contribution in [0, 0.1) is 5.92 Å². The predicted octanol–water partition coefficient (Wildman–Crippen LogP) is 2.41. The van der Waals surface area contributed by atoms with Gasteiger partial charge in [-0.3, -0.25) is 0 Å². The summed E-state index contributed by atoms with van der Waals surface area (Å²) < 4.78 is 17.7. The molecule has 3 heterocycles. The number of nitrogens with one attached hydrogen (secondary N) is 1. The highest BCUT2D eigenvalue weighted by Gasteiger charge is 2.23. The molecule has 3 rings (SSSR count). The molecule has 1 aromatic rings. The molecule has 1 aromatic heterocycles. The fourth-order valence-corrected chi connectivity index (χ4v) is 3.98. The quantitative estimate of drug-likeness (QED) is 0.918. The van der Waals surface area contributed by atoms with E-state index in [1.54, 1.807) is 11.3 Å². The summed E-state index contributed by atoms with van der Waals surface area (Å²) in [5.41, 5.74) is 0. The molecule has 0 aromatic carbocycles. The first kappa shape index (κ1) is 12.7. The highest BCUT2D eigenvalue weighted by atomic mass is 79.9. The molecule has 0 radical (unpaired) electrons. The lowest BCUT2D eigenvalue weighted by atomic mass is 10.1. The molecule has 1 unspecified atom stereocenters. The van der Waals surface area contributed by atoms with Crippen LogP contribution in [0.2, 0.25) is 0 Å². The molecule has 0 amide bonds. The molecule has 0 spiro atoms. The van der Waals surface area contributed by atoms with Crippen molar-refractivity contribution >= 4 is 27.3 Å². The van der Waals surface area contributed by atoms with Gasteiger partial charge in [0.25, 0.3) is 0 Å². The van der Waals surface area contributed by atoms with Crippen LogP contribution in [-0.4, -0.2) is 33.0 Å². The Morgan fingerprint density at radius 1 is 1.22 bits per heavy atom. The third-order valence-corrected chi connectivity index (χ3v) is 4.96. The van der Waals surface area contributed by atoms with Gasteiger partial charge in [0.05, 0.1) is 11.5 Å². The van der Waals surface area contributed by atoms with Gasteiger partial charge >= 0.3 is 0 Å². The van der Waals surface area contributed by atoms with Crippen molar-refractivity contribution in [2.45, 2.75) is 13.0 Å². The zero-order chi connectivity index (χ0) is 12.4. The van der Waals surface area contributed by atoms with E-state index >= 15 is 0 Å². The van der Waals surface area contributed by atoms with Gasteiger partial charge in [-0.2, -0.15) is 0 Å². The van der Waals surface area contributed by atoms with Crippen LogP contribution in [-0.2, 0) is 11.3 Å². The zero-order valence-electron chi connectivity index (χ0n) is 10.0. The lowest BCUT2D eigenvalue weighted by Crippen LogP contribution is -2.23. The number of ether oxygens (including phenoxy) is 3. The predicted molar refractivity (Wildman–Crippen MR) is 73.6 cm³/mol. The van der Waals surface area contributed by atoms with Crippen molar-refractivity contribution in [2.75, 3.05) is 33.0 Å². The number of hydrogen-bond donors (Lipinski definition) is 1. The van der Waals surface area contributed by atoms with E-state index in [1.165, 1.54) is 11.3 Å². The summed E-state index contributed by atoms with van der Waals surface area (Å²) in [6.45, 7) is 4.90. The summed E-state index contributed by atoms with van der Waals surface area (Å²) in [4.78, 5) is 1.20. The lowest BCUT2D eigenvalue weighted by Gasteiger charge is -2.16.